The fraction of sp³-hybridized carbons (Fsp3) is 0.353. The van der Waals surface area contributed by atoms with Gasteiger partial charge in [0.25, 0.3) is 11.8 Å². The van der Waals surface area contributed by atoms with Gasteiger partial charge in [0.2, 0.25) is 6.79 Å². The summed E-state index contributed by atoms with van der Waals surface area (Å²) in [6, 6.07) is 4.07. The number of rotatable bonds is 3. The summed E-state index contributed by atoms with van der Waals surface area (Å²) >= 11 is 0. The van der Waals surface area contributed by atoms with Crippen LogP contribution in [0, 0.1) is 0 Å². The lowest BCUT2D eigenvalue weighted by Gasteiger charge is -2.35. The summed E-state index contributed by atoms with van der Waals surface area (Å²) in [5.41, 5.74) is 0.470. The van der Waals surface area contributed by atoms with Gasteiger partial charge in [-0.05, 0) is 18.2 Å². The molecule has 130 valence electrons. The van der Waals surface area contributed by atoms with E-state index in [-0.39, 0.29) is 37.7 Å². The second-order valence-electron chi connectivity index (χ2n) is 6.05. The highest BCUT2D eigenvalue weighted by molar-refractivity contribution is 6.05. The van der Waals surface area contributed by atoms with Gasteiger partial charge in [-0.15, -0.1) is 6.58 Å². The Morgan fingerprint density at radius 3 is 2.84 bits per heavy atom. The number of amides is 4. The van der Waals surface area contributed by atoms with E-state index in [1.807, 2.05) is 0 Å². The number of nitrogens with zero attached hydrogens (tertiary/aromatic N) is 3. The van der Waals surface area contributed by atoms with E-state index >= 15 is 0 Å². The van der Waals surface area contributed by atoms with Gasteiger partial charge in [-0.2, -0.15) is 0 Å². The highest BCUT2D eigenvalue weighted by Crippen LogP contribution is 2.33. The first-order valence-corrected chi connectivity index (χ1v) is 8.02. The van der Waals surface area contributed by atoms with Gasteiger partial charge < -0.3 is 19.3 Å². The van der Waals surface area contributed by atoms with Crippen molar-refractivity contribution in [2.45, 2.75) is 6.04 Å². The van der Waals surface area contributed by atoms with Gasteiger partial charge in [0.05, 0.1) is 6.54 Å². The van der Waals surface area contributed by atoms with E-state index in [1.165, 1.54) is 15.9 Å². The van der Waals surface area contributed by atoms with Crippen molar-refractivity contribution in [3.63, 3.8) is 0 Å². The van der Waals surface area contributed by atoms with Crippen molar-refractivity contribution in [1.29, 1.82) is 0 Å². The normalized spacial score (nSPS) is 21.6. The lowest BCUT2D eigenvalue weighted by Crippen LogP contribution is -2.54. The molecule has 0 N–H and O–H groups in total. The molecule has 0 radical (unpaired) electrons. The van der Waals surface area contributed by atoms with E-state index in [1.54, 1.807) is 23.1 Å². The minimum atomic E-state index is -0.626. The number of hydrogen-bond donors (Lipinski definition) is 0. The number of urea groups is 1. The second kappa shape index (κ2) is 5.80. The predicted octanol–water partition coefficient (Wildman–Crippen LogP) is 0.690. The van der Waals surface area contributed by atoms with Crippen molar-refractivity contribution in [2.24, 2.45) is 0 Å². The van der Waals surface area contributed by atoms with E-state index in [0.717, 1.165) is 0 Å². The van der Waals surface area contributed by atoms with E-state index in [0.29, 0.717) is 30.2 Å². The Labute approximate surface area is 144 Å². The third kappa shape index (κ3) is 2.41. The summed E-state index contributed by atoms with van der Waals surface area (Å²) in [5.74, 6) is 0.667. The Morgan fingerprint density at radius 1 is 1.24 bits per heavy atom. The molecule has 2 saturated heterocycles. The molecule has 0 spiro atoms. The molecule has 2 fully saturated rings. The zero-order valence-corrected chi connectivity index (χ0v) is 13.5. The Hall–Kier alpha value is -3.03. The number of hydrogen-bond acceptors (Lipinski definition) is 5. The van der Waals surface area contributed by atoms with Crippen LogP contribution in [0.3, 0.4) is 0 Å². The molecule has 0 bridgehead atoms. The number of carbonyl (C=O) groups excluding carboxylic acids is 3. The SMILES string of the molecule is C=CCN1C(=O)[C@@H]2CN(C(=O)c3ccc4c(c3)OCO4)CCN2C1=O. The molecule has 8 nitrogen and oxygen atoms in total. The molecule has 4 rings (SSSR count). The van der Waals surface area contributed by atoms with Crippen LogP contribution in [0.15, 0.2) is 30.9 Å². The van der Waals surface area contributed by atoms with Crippen LogP contribution in [0.5, 0.6) is 11.5 Å². The molecular weight excluding hydrogens is 326 g/mol. The molecule has 8 heteroatoms. The van der Waals surface area contributed by atoms with Gasteiger partial charge in [0.1, 0.15) is 6.04 Å². The van der Waals surface area contributed by atoms with Crippen molar-refractivity contribution in [3.8, 4) is 11.5 Å². The number of benzene rings is 1. The average molecular weight is 343 g/mol. The second-order valence-corrected chi connectivity index (χ2v) is 6.05. The monoisotopic (exact) mass is 343 g/mol. The Balaban J connectivity index is 1.52. The number of carbonyl (C=O) groups is 3. The molecule has 0 aliphatic carbocycles. The fourth-order valence-corrected chi connectivity index (χ4v) is 3.35. The fourth-order valence-electron chi connectivity index (χ4n) is 3.35. The maximum Gasteiger partial charge on any atom is 0.327 e. The highest BCUT2D eigenvalue weighted by atomic mass is 16.7. The molecule has 3 aliphatic heterocycles. The van der Waals surface area contributed by atoms with Gasteiger partial charge in [-0.3, -0.25) is 14.5 Å². The zero-order valence-electron chi connectivity index (χ0n) is 13.5. The molecule has 0 unspecified atom stereocenters. The maximum absolute atomic E-state index is 12.8. The average Bonchev–Trinajstić information content (AvgIpc) is 3.19. The van der Waals surface area contributed by atoms with Crippen LogP contribution >= 0.6 is 0 Å². The largest absolute Gasteiger partial charge is 0.454 e. The van der Waals surface area contributed by atoms with Crippen LogP contribution in [0.2, 0.25) is 0 Å². The van der Waals surface area contributed by atoms with Crippen LogP contribution in [-0.4, -0.2) is 71.6 Å². The number of fused-ring (bicyclic) bond motifs is 2. The third-order valence-electron chi connectivity index (χ3n) is 4.63. The summed E-state index contributed by atoms with van der Waals surface area (Å²) in [6.45, 7) is 4.79. The smallest absolute Gasteiger partial charge is 0.327 e. The van der Waals surface area contributed by atoms with Crippen LogP contribution in [0.4, 0.5) is 4.79 Å². The molecule has 3 aliphatic rings. The van der Waals surface area contributed by atoms with Crippen molar-refractivity contribution >= 4 is 17.8 Å². The summed E-state index contributed by atoms with van der Waals surface area (Å²) in [6.07, 6.45) is 1.52. The number of imide groups is 1. The van der Waals surface area contributed by atoms with E-state index in [4.69, 9.17) is 9.47 Å². The van der Waals surface area contributed by atoms with Crippen LogP contribution in [0.1, 0.15) is 10.4 Å². The standard InChI is InChI=1S/C17H17N3O5/c1-2-5-20-16(22)12-9-18(6-7-19(12)17(20)23)15(21)11-3-4-13-14(8-11)25-10-24-13/h2-4,8,12H,1,5-7,9-10H2/t12-/m0/s1. The lowest BCUT2D eigenvalue weighted by atomic mass is 10.1. The van der Waals surface area contributed by atoms with Crippen LogP contribution < -0.4 is 9.47 Å². The molecule has 3 heterocycles. The summed E-state index contributed by atoms with van der Waals surface area (Å²) in [5, 5.41) is 0. The minimum Gasteiger partial charge on any atom is -0.454 e. The molecule has 25 heavy (non-hydrogen) atoms. The Morgan fingerprint density at radius 2 is 2.04 bits per heavy atom. The summed E-state index contributed by atoms with van der Waals surface area (Å²) in [4.78, 5) is 41.8. The molecule has 4 amide bonds. The van der Waals surface area contributed by atoms with Gasteiger partial charge in [-0.1, -0.05) is 6.08 Å². The van der Waals surface area contributed by atoms with Crippen molar-refractivity contribution in [3.05, 3.63) is 36.4 Å². The van der Waals surface area contributed by atoms with Gasteiger partial charge in [0, 0.05) is 25.2 Å². The van der Waals surface area contributed by atoms with E-state index < -0.39 is 6.04 Å². The third-order valence-corrected chi connectivity index (χ3v) is 4.63. The zero-order chi connectivity index (χ0) is 17.6. The molecular formula is C17H17N3O5. The van der Waals surface area contributed by atoms with Crippen molar-refractivity contribution < 1.29 is 23.9 Å². The maximum atomic E-state index is 12.8. The van der Waals surface area contributed by atoms with Crippen molar-refractivity contribution in [2.75, 3.05) is 33.0 Å². The topological polar surface area (TPSA) is 79.4 Å². The first-order valence-electron chi connectivity index (χ1n) is 8.02. The molecule has 1 atom stereocenters. The van der Waals surface area contributed by atoms with Gasteiger partial charge in [0.15, 0.2) is 11.5 Å². The predicted molar refractivity (Wildman–Crippen MR) is 86.3 cm³/mol. The molecule has 1 aromatic rings. The lowest BCUT2D eigenvalue weighted by molar-refractivity contribution is -0.128. The molecule has 0 aromatic heterocycles. The van der Waals surface area contributed by atoms with Crippen LogP contribution in [0.25, 0.3) is 0 Å². The van der Waals surface area contributed by atoms with Gasteiger partial charge >= 0.3 is 6.03 Å². The first-order chi connectivity index (χ1) is 12.1. The quantitative estimate of drug-likeness (QED) is 0.596. The Kier molecular flexibility index (Phi) is 3.60. The number of piperazine rings is 1. The first kappa shape index (κ1) is 15.5. The minimum absolute atomic E-state index is 0.142. The number of ether oxygens (including phenoxy) is 2. The van der Waals surface area contributed by atoms with Crippen LogP contribution in [-0.2, 0) is 4.79 Å². The highest BCUT2D eigenvalue weighted by Gasteiger charge is 2.47. The summed E-state index contributed by atoms with van der Waals surface area (Å²) in [7, 11) is 0. The van der Waals surface area contributed by atoms with Crippen molar-refractivity contribution in [1.82, 2.24) is 14.7 Å². The molecule has 0 saturated carbocycles. The Bertz CT molecular complexity index is 778. The summed E-state index contributed by atoms with van der Waals surface area (Å²) < 4.78 is 10.5. The van der Waals surface area contributed by atoms with Gasteiger partial charge in [-0.25, -0.2) is 4.79 Å². The van der Waals surface area contributed by atoms with E-state index in [9.17, 15) is 14.4 Å². The van der Waals surface area contributed by atoms with E-state index in [2.05, 4.69) is 6.58 Å². The molecule has 1 aromatic carbocycles.